The zero-order valence-electron chi connectivity index (χ0n) is 9.71. The quantitative estimate of drug-likeness (QED) is 0.649. The van der Waals surface area contributed by atoms with Gasteiger partial charge in [-0.1, -0.05) is 6.92 Å². The molecule has 0 aliphatic carbocycles. The highest BCUT2D eigenvalue weighted by Gasteiger charge is 2.21. The summed E-state index contributed by atoms with van der Waals surface area (Å²) >= 11 is 0. The van der Waals surface area contributed by atoms with Gasteiger partial charge in [0.2, 0.25) is 5.91 Å². The van der Waals surface area contributed by atoms with Gasteiger partial charge in [0.25, 0.3) is 0 Å². The SMILES string of the molecule is CCC(C)(C)N(C)CCC(N)C(N)=O. The van der Waals surface area contributed by atoms with Crippen LogP contribution in [-0.2, 0) is 4.79 Å². The van der Waals surface area contributed by atoms with E-state index in [1.165, 1.54) is 0 Å². The maximum Gasteiger partial charge on any atom is 0.234 e. The topological polar surface area (TPSA) is 72.3 Å². The largest absolute Gasteiger partial charge is 0.368 e. The molecule has 14 heavy (non-hydrogen) atoms. The van der Waals surface area contributed by atoms with Crippen molar-refractivity contribution in [2.75, 3.05) is 13.6 Å². The maximum atomic E-state index is 10.7. The van der Waals surface area contributed by atoms with E-state index in [4.69, 9.17) is 11.5 Å². The van der Waals surface area contributed by atoms with Crippen LogP contribution in [0.15, 0.2) is 0 Å². The molecule has 0 aromatic rings. The number of hydrogen-bond acceptors (Lipinski definition) is 3. The Labute approximate surface area is 86.6 Å². The van der Waals surface area contributed by atoms with Gasteiger partial charge in [0, 0.05) is 12.1 Å². The van der Waals surface area contributed by atoms with Crippen LogP contribution in [0.4, 0.5) is 0 Å². The molecule has 1 atom stereocenters. The van der Waals surface area contributed by atoms with E-state index in [1.54, 1.807) is 0 Å². The van der Waals surface area contributed by atoms with Crippen molar-refractivity contribution in [3.8, 4) is 0 Å². The second kappa shape index (κ2) is 5.32. The Balaban J connectivity index is 3.96. The molecule has 0 aromatic carbocycles. The molecule has 0 fully saturated rings. The van der Waals surface area contributed by atoms with Crippen LogP contribution in [0.5, 0.6) is 0 Å². The Morgan fingerprint density at radius 2 is 2.00 bits per heavy atom. The molecule has 4 heteroatoms. The number of primary amides is 1. The van der Waals surface area contributed by atoms with Gasteiger partial charge in [-0.25, -0.2) is 0 Å². The minimum absolute atomic E-state index is 0.150. The zero-order chi connectivity index (χ0) is 11.4. The first-order valence-corrected chi connectivity index (χ1v) is 5.07. The van der Waals surface area contributed by atoms with Crippen molar-refractivity contribution in [1.82, 2.24) is 4.90 Å². The van der Waals surface area contributed by atoms with Gasteiger partial charge in [-0.3, -0.25) is 4.79 Å². The van der Waals surface area contributed by atoms with Crippen molar-refractivity contribution in [2.45, 2.75) is 45.2 Å². The average molecular weight is 201 g/mol. The summed E-state index contributed by atoms with van der Waals surface area (Å²) in [6, 6.07) is -0.523. The van der Waals surface area contributed by atoms with Gasteiger partial charge in [-0.15, -0.1) is 0 Å². The second-order valence-corrected chi connectivity index (χ2v) is 4.39. The van der Waals surface area contributed by atoms with E-state index in [1.807, 2.05) is 7.05 Å². The van der Waals surface area contributed by atoms with E-state index in [0.29, 0.717) is 6.42 Å². The monoisotopic (exact) mass is 201 g/mol. The number of nitrogens with zero attached hydrogens (tertiary/aromatic N) is 1. The minimum Gasteiger partial charge on any atom is -0.368 e. The van der Waals surface area contributed by atoms with Gasteiger partial charge in [0.1, 0.15) is 0 Å². The summed E-state index contributed by atoms with van der Waals surface area (Å²) in [6.07, 6.45) is 1.69. The van der Waals surface area contributed by atoms with Crippen molar-refractivity contribution in [2.24, 2.45) is 11.5 Å². The van der Waals surface area contributed by atoms with Crippen LogP contribution in [-0.4, -0.2) is 36.0 Å². The fourth-order valence-corrected chi connectivity index (χ4v) is 1.05. The van der Waals surface area contributed by atoms with Crippen molar-refractivity contribution in [3.05, 3.63) is 0 Å². The molecule has 1 amide bonds. The molecular weight excluding hydrogens is 178 g/mol. The summed E-state index contributed by atoms with van der Waals surface area (Å²) in [5.74, 6) is -0.423. The molecule has 4 N–H and O–H groups in total. The third-order valence-electron chi connectivity index (χ3n) is 3.04. The molecule has 0 bridgehead atoms. The van der Waals surface area contributed by atoms with Gasteiger partial charge in [0.15, 0.2) is 0 Å². The first-order chi connectivity index (χ1) is 6.31. The molecule has 0 spiro atoms. The van der Waals surface area contributed by atoms with Crippen LogP contribution in [0.2, 0.25) is 0 Å². The molecule has 4 nitrogen and oxygen atoms in total. The minimum atomic E-state index is -0.523. The van der Waals surface area contributed by atoms with Crippen molar-refractivity contribution < 1.29 is 4.79 Å². The molecule has 0 heterocycles. The fourth-order valence-electron chi connectivity index (χ4n) is 1.05. The molecule has 0 saturated carbocycles. The lowest BCUT2D eigenvalue weighted by Gasteiger charge is -2.35. The Bertz CT molecular complexity index is 192. The summed E-state index contributed by atoms with van der Waals surface area (Å²) < 4.78 is 0. The summed E-state index contributed by atoms with van der Waals surface area (Å²) in [6.45, 7) is 7.28. The lowest BCUT2D eigenvalue weighted by atomic mass is 9.99. The maximum absolute atomic E-state index is 10.7. The molecule has 84 valence electrons. The first-order valence-electron chi connectivity index (χ1n) is 5.07. The van der Waals surface area contributed by atoms with E-state index in [9.17, 15) is 4.79 Å². The summed E-state index contributed by atoms with van der Waals surface area (Å²) in [7, 11) is 2.04. The Kier molecular flexibility index (Phi) is 5.08. The van der Waals surface area contributed by atoms with Gasteiger partial charge in [-0.05, 0) is 33.7 Å². The first kappa shape index (κ1) is 13.4. The molecule has 0 aromatic heterocycles. The predicted octanol–water partition coefficient (Wildman–Crippen LogP) is 0.310. The van der Waals surface area contributed by atoms with Crippen LogP contribution in [0.25, 0.3) is 0 Å². The van der Waals surface area contributed by atoms with Crippen LogP contribution >= 0.6 is 0 Å². The standard InChI is InChI=1S/C10H23N3O/c1-5-10(2,3)13(4)7-6-8(11)9(12)14/h8H,5-7,11H2,1-4H3,(H2,12,14). The number of hydrogen-bond donors (Lipinski definition) is 2. The molecular formula is C10H23N3O. The zero-order valence-corrected chi connectivity index (χ0v) is 9.71. The molecule has 1 unspecified atom stereocenters. The van der Waals surface area contributed by atoms with Crippen LogP contribution < -0.4 is 11.5 Å². The Morgan fingerprint density at radius 3 is 2.36 bits per heavy atom. The number of rotatable bonds is 6. The van der Waals surface area contributed by atoms with E-state index in [2.05, 4.69) is 25.7 Å². The summed E-state index contributed by atoms with van der Waals surface area (Å²) in [5.41, 5.74) is 10.8. The van der Waals surface area contributed by atoms with Gasteiger partial charge >= 0.3 is 0 Å². The molecule has 0 radical (unpaired) electrons. The summed E-state index contributed by atoms with van der Waals surface area (Å²) in [5, 5.41) is 0. The number of carbonyl (C=O) groups is 1. The van der Waals surface area contributed by atoms with Crippen LogP contribution in [0.1, 0.15) is 33.6 Å². The highest BCUT2D eigenvalue weighted by molar-refractivity contribution is 5.79. The highest BCUT2D eigenvalue weighted by Crippen LogP contribution is 2.16. The second-order valence-electron chi connectivity index (χ2n) is 4.39. The van der Waals surface area contributed by atoms with Gasteiger partial charge < -0.3 is 16.4 Å². The highest BCUT2D eigenvalue weighted by atomic mass is 16.1. The van der Waals surface area contributed by atoms with E-state index in [0.717, 1.165) is 13.0 Å². The Hall–Kier alpha value is -0.610. The van der Waals surface area contributed by atoms with E-state index < -0.39 is 11.9 Å². The van der Waals surface area contributed by atoms with Crippen LogP contribution in [0, 0.1) is 0 Å². The van der Waals surface area contributed by atoms with E-state index in [-0.39, 0.29) is 5.54 Å². The molecule has 0 aliphatic heterocycles. The lowest BCUT2D eigenvalue weighted by molar-refractivity contribution is -0.119. The van der Waals surface area contributed by atoms with Crippen molar-refractivity contribution in [1.29, 1.82) is 0 Å². The molecule has 0 aliphatic rings. The average Bonchev–Trinajstić information content (AvgIpc) is 2.13. The lowest BCUT2D eigenvalue weighted by Crippen LogP contribution is -2.44. The van der Waals surface area contributed by atoms with Gasteiger partial charge in [0.05, 0.1) is 6.04 Å². The predicted molar refractivity (Wildman–Crippen MR) is 58.8 cm³/mol. The smallest absolute Gasteiger partial charge is 0.234 e. The normalized spacial score (nSPS) is 14.4. The third-order valence-corrected chi connectivity index (χ3v) is 3.04. The van der Waals surface area contributed by atoms with Gasteiger partial charge in [-0.2, -0.15) is 0 Å². The summed E-state index contributed by atoms with van der Waals surface area (Å²) in [4.78, 5) is 12.9. The van der Waals surface area contributed by atoms with Crippen LogP contribution in [0.3, 0.4) is 0 Å². The Morgan fingerprint density at radius 1 is 1.50 bits per heavy atom. The number of carbonyl (C=O) groups excluding carboxylic acids is 1. The van der Waals surface area contributed by atoms with E-state index >= 15 is 0 Å². The number of nitrogens with two attached hydrogens (primary N) is 2. The van der Waals surface area contributed by atoms with Crippen molar-refractivity contribution >= 4 is 5.91 Å². The van der Waals surface area contributed by atoms with Crippen molar-refractivity contribution in [3.63, 3.8) is 0 Å². The number of amides is 1. The molecule has 0 saturated heterocycles. The fraction of sp³-hybridized carbons (Fsp3) is 0.900. The molecule has 0 rings (SSSR count). The third kappa shape index (κ3) is 4.07.